The van der Waals surface area contributed by atoms with Gasteiger partial charge in [0.05, 0.1) is 7.11 Å². The van der Waals surface area contributed by atoms with E-state index < -0.39 is 0 Å². The maximum atomic E-state index is 5.57. The lowest BCUT2D eigenvalue weighted by molar-refractivity contribution is 0.380. The van der Waals surface area contributed by atoms with Crippen LogP contribution in [0.5, 0.6) is 6.01 Å². The van der Waals surface area contributed by atoms with Crippen molar-refractivity contribution in [3.8, 4) is 6.01 Å². The van der Waals surface area contributed by atoms with Gasteiger partial charge >= 0.3 is 6.01 Å². The van der Waals surface area contributed by atoms with E-state index in [9.17, 15) is 0 Å². The Bertz CT molecular complexity index is 541. The minimum atomic E-state index is 0.122. The zero-order valence-electron chi connectivity index (χ0n) is 11.1. The molecule has 0 unspecified atom stereocenters. The largest absolute Gasteiger partial charge is 0.467 e. The first kappa shape index (κ1) is 13.1. The van der Waals surface area contributed by atoms with Crippen molar-refractivity contribution in [2.24, 2.45) is 0 Å². The van der Waals surface area contributed by atoms with Gasteiger partial charge in [-0.15, -0.1) is 0 Å². The van der Waals surface area contributed by atoms with Gasteiger partial charge in [0.15, 0.2) is 0 Å². The summed E-state index contributed by atoms with van der Waals surface area (Å²) < 4.78 is 4.94. The summed E-state index contributed by atoms with van der Waals surface area (Å²) in [6.45, 7) is 2.16. The number of hydrogen-bond acceptors (Lipinski definition) is 6. The lowest BCUT2D eigenvalue weighted by Gasteiger charge is -2.07. The molecule has 6 heteroatoms. The molecule has 0 aliphatic carbocycles. The second-order valence-electron chi connectivity index (χ2n) is 4.08. The number of nitrogens with one attached hydrogen (secondary N) is 1. The lowest BCUT2D eigenvalue weighted by atomic mass is 10.1. The number of rotatable bonds is 5. The second-order valence-corrected chi connectivity index (χ2v) is 4.08. The zero-order chi connectivity index (χ0) is 13.7. The molecule has 0 saturated carbocycles. The number of benzene rings is 1. The molecule has 2 rings (SSSR count). The molecule has 0 atom stereocenters. The highest BCUT2D eigenvalue weighted by molar-refractivity contribution is 5.54. The van der Waals surface area contributed by atoms with Crippen LogP contribution in [-0.4, -0.2) is 22.1 Å². The predicted octanol–water partition coefficient (Wildman–Crippen LogP) is 2.16. The van der Waals surface area contributed by atoms with Crippen LogP contribution < -0.4 is 15.8 Å². The Balaban J connectivity index is 2.14. The lowest BCUT2D eigenvalue weighted by Crippen LogP contribution is -2.05. The average Bonchev–Trinajstić information content (AvgIpc) is 2.40. The van der Waals surface area contributed by atoms with Crippen molar-refractivity contribution in [3.63, 3.8) is 0 Å². The standard InChI is InChI=1S/C13H17N5O/c1-3-4-9-5-7-10(8-6-9)15-12-16-11(14)17-13(18-12)19-2/h5-8H,3-4H2,1-2H3,(H3,14,15,16,17,18). The molecule has 0 radical (unpaired) electrons. The van der Waals surface area contributed by atoms with Crippen LogP contribution in [0.1, 0.15) is 18.9 Å². The van der Waals surface area contributed by atoms with Gasteiger partial charge in [-0.1, -0.05) is 25.5 Å². The smallest absolute Gasteiger partial charge is 0.322 e. The van der Waals surface area contributed by atoms with Crippen LogP contribution >= 0.6 is 0 Å². The molecule has 0 aliphatic rings. The Morgan fingerprint density at radius 2 is 1.89 bits per heavy atom. The molecule has 0 saturated heterocycles. The number of aromatic nitrogens is 3. The number of nitrogen functional groups attached to an aromatic ring is 1. The summed E-state index contributed by atoms with van der Waals surface area (Å²) in [5.41, 5.74) is 7.77. The minimum Gasteiger partial charge on any atom is -0.467 e. The fourth-order valence-corrected chi connectivity index (χ4v) is 1.69. The van der Waals surface area contributed by atoms with Crippen molar-refractivity contribution >= 4 is 17.6 Å². The second kappa shape index (κ2) is 5.99. The third-order valence-corrected chi connectivity index (χ3v) is 2.56. The van der Waals surface area contributed by atoms with E-state index in [1.165, 1.54) is 12.7 Å². The van der Waals surface area contributed by atoms with Crippen molar-refractivity contribution in [1.29, 1.82) is 0 Å². The summed E-state index contributed by atoms with van der Waals surface area (Å²) in [6, 6.07) is 8.31. The fourth-order valence-electron chi connectivity index (χ4n) is 1.69. The summed E-state index contributed by atoms with van der Waals surface area (Å²) >= 11 is 0. The van der Waals surface area contributed by atoms with E-state index in [1.807, 2.05) is 12.1 Å². The normalized spacial score (nSPS) is 10.2. The summed E-state index contributed by atoms with van der Waals surface area (Å²) in [7, 11) is 1.48. The third kappa shape index (κ3) is 3.54. The maximum absolute atomic E-state index is 5.57. The molecule has 2 aromatic rings. The summed E-state index contributed by atoms with van der Waals surface area (Å²) in [6.07, 6.45) is 2.21. The highest BCUT2D eigenvalue weighted by Crippen LogP contribution is 2.16. The summed E-state index contributed by atoms with van der Waals surface area (Å²) in [5, 5.41) is 3.07. The van der Waals surface area contributed by atoms with E-state index in [2.05, 4.69) is 39.3 Å². The first-order valence-corrected chi connectivity index (χ1v) is 6.12. The Kier molecular flexibility index (Phi) is 4.12. The number of anilines is 3. The molecule has 1 heterocycles. The molecule has 0 aliphatic heterocycles. The molecule has 1 aromatic heterocycles. The van der Waals surface area contributed by atoms with Gasteiger partial charge in [0, 0.05) is 5.69 Å². The Labute approximate surface area is 112 Å². The molecule has 0 spiro atoms. The predicted molar refractivity (Wildman–Crippen MR) is 74.5 cm³/mol. The number of ether oxygens (including phenoxy) is 1. The maximum Gasteiger partial charge on any atom is 0.322 e. The van der Waals surface area contributed by atoms with Crippen LogP contribution in [0.4, 0.5) is 17.6 Å². The van der Waals surface area contributed by atoms with Gasteiger partial charge in [-0.25, -0.2) is 0 Å². The summed E-state index contributed by atoms with van der Waals surface area (Å²) in [5.74, 6) is 0.490. The van der Waals surface area contributed by atoms with Gasteiger partial charge in [0.2, 0.25) is 11.9 Å². The molecular weight excluding hydrogens is 242 g/mol. The van der Waals surface area contributed by atoms with Crippen molar-refractivity contribution in [1.82, 2.24) is 15.0 Å². The van der Waals surface area contributed by atoms with Crippen LogP contribution in [0.2, 0.25) is 0 Å². The minimum absolute atomic E-state index is 0.122. The van der Waals surface area contributed by atoms with Gasteiger partial charge in [0.25, 0.3) is 0 Å². The van der Waals surface area contributed by atoms with E-state index in [0.29, 0.717) is 5.95 Å². The Hall–Kier alpha value is -2.37. The van der Waals surface area contributed by atoms with Crippen molar-refractivity contribution in [2.45, 2.75) is 19.8 Å². The molecule has 100 valence electrons. The monoisotopic (exact) mass is 259 g/mol. The van der Waals surface area contributed by atoms with Crippen LogP contribution in [-0.2, 0) is 6.42 Å². The van der Waals surface area contributed by atoms with E-state index in [1.54, 1.807) is 0 Å². The number of methoxy groups -OCH3 is 1. The van der Waals surface area contributed by atoms with Crippen LogP contribution in [0.25, 0.3) is 0 Å². The van der Waals surface area contributed by atoms with Gasteiger partial charge in [-0.3, -0.25) is 0 Å². The van der Waals surface area contributed by atoms with Crippen molar-refractivity contribution in [3.05, 3.63) is 29.8 Å². The molecule has 0 bridgehead atoms. The first-order valence-electron chi connectivity index (χ1n) is 6.12. The highest BCUT2D eigenvalue weighted by atomic mass is 16.5. The topological polar surface area (TPSA) is 86.0 Å². The SMILES string of the molecule is CCCc1ccc(Nc2nc(N)nc(OC)n2)cc1. The van der Waals surface area contributed by atoms with E-state index >= 15 is 0 Å². The molecule has 0 amide bonds. The third-order valence-electron chi connectivity index (χ3n) is 2.56. The van der Waals surface area contributed by atoms with Crippen molar-refractivity contribution < 1.29 is 4.74 Å². The number of aryl methyl sites for hydroxylation is 1. The van der Waals surface area contributed by atoms with Gasteiger partial charge in [-0.05, 0) is 24.1 Å². The number of nitrogens with zero attached hydrogens (tertiary/aromatic N) is 3. The average molecular weight is 259 g/mol. The molecule has 0 fully saturated rings. The highest BCUT2D eigenvalue weighted by Gasteiger charge is 2.04. The summed E-state index contributed by atoms with van der Waals surface area (Å²) in [4.78, 5) is 11.9. The van der Waals surface area contributed by atoms with Crippen LogP contribution in [0.3, 0.4) is 0 Å². The van der Waals surface area contributed by atoms with Crippen LogP contribution in [0.15, 0.2) is 24.3 Å². The van der Waals surface area contributed by atoms with Crippen molar-refractivity contribution in [2.75, 3.05) is 18.2 Å². The number of hydrogen-bond donors (Lipinski definition) is 2. The molecule has 1 aromatic carbocycles. The fraction of sp³-hybridized carbons (Fsp3) is 0.308. The zero-order valence-corrected chi connectivity index (χ0v) is 11.1. The number of nitrogens with two attached hydrogens (primary N) is 1. The Morgan fingerprint density at radius 3 is 2.53 bits per heavy atom. The quantitative estimate of drug-likeness (QED) is 0.855. The van der Waals surface area contributed by atoms with E-state index in [4.69, 9.17) is 10.5 Å². The van der Waals surface area contributed by atoms with Gasteiger partial charge in [0.1, 0.15) is 0 Å². The van der Waals surface area contributed by atoms with E-state index in [0.717, 1.165) is 18.5 Å². The van der Waals surface area contributed by atoms with E-state index in [-0.39, 0.29) is 12.0 Å². The van der Waals surface area contributed by atoms with Crippen LogP contribution in [0, 0.1) is 0 Å². The van der Waals surface area contributed by atoms with Gasteiger partial charge < -0.3 is 15.8 Å². The van der Waals surface area contributed by atoms with Gasteiger partial charge in [-0.2, -0.15) is 15.0 Å². The molecule has 3 N–H and O–H groups in total. The Morgan fingerprint density at radius 1 is 1.16 bits per heavy atom. The molecular formula is C13H17N5O. The molecule has 19 heavy (non-hydrogen) atoms. The molecule has 6 nitrogen and oxygen atoms in total. The first-order chi connectivity index (χ1) is 9.21.